The number of rotatable bonds is 4. The van der Waals surface area contributed by atoms with Crippen molar-refractivity contribution in [3.63, 3.8) is 0 Å². The van der Waals surface area contributed by atoms with Crippen LogP contribution in [-0.4, -0.2) is 55.0 Å². The minimum atomic E-state index is -0.814. The second kappa shape index (κ2) is 6.30. The number of nitriles is 1. The van der Waals surface area contributed by atoms with E-state index in [-0.39, 0.29) is 11.8 Å². The quantitative estimate of drug-likeness (QED) is 0.833. The molecule has 2 aliphatic heterocycles. The molecule has 1 spiro atoms. The largest absolute Gasteiger partial charge is 0.347 e. The van der Waals surface area contributed by atoms with Crippen LogP contribution in [0.1, 0.15) is 33.6 Å². The number of nitrogens with one attached hydrogen (secondary N) is 1. The topological polar surface area (TPSA) is 74.6 Å². The SMILES string of the molecule is CC(C)[C@@](C)(C#N)NC(=O)CN1CCC2(CC1)OCCO2. The summed E-state index contributed by atoms with van der Waals surface area (Å²) in [4.78, 5) is 14.2. The zero-order valence-electron chi connectivity index (χ0n) is 13.1. The highest BCUT2D eigenvalue weighted by Crippen LogP contribution is 2.31. The van der Waals surface area contributed by atoms with Gasteiger partial charge in [-0.1, -0.05) is 13.8 Å². The Morgan fingerprint density at radius 3 is 2.43 bits per heavy atom. The predicted octanol–water partition coefficient (Wildman–Crippen LogP) is 0.880. The maximum absolute atomic E-state index is 12.1. The van der Waals surface area contributed by atoms with Crippen LogP contribution in [0.15, 0.2) is 0 Å². The van der Waals surface area contributed by atoms with Gasteiger partial charge in [0.2, 0.25) is 5.91 Å². The Labute approximate surface area is 126 Å². The molecule has 0 saturated carbocycles. The van der Waals surface area contributed by atoms with Gasteiger partial charge in [-0.15, -0.1) is 0 Å². The maximum Gasteiger partial charge on any atom is 0.235 e. The number of ether oxygens (including phenoxy) is 2. The first-order chi connectivity index (χ1) is 9.89. The molecule has 1 amide bonds. The molecule has 1 N–H and O–H groups in total. The third-order valence-electron chi connectivity index (χ3n) is 4.58. The van der Waals surface area contributed by atoms with Crippen molar-refractivity contribution in [1.82, 2.24) is 10.2 Å². The van der Waals surface area contributed by atoms with Gasteiger partial charge in [-0.3, -0.25) is 9.69 Å². The van der Waals surface area contributed by atoms with Gasteiger partial charge < -0.3 is 14.8 Å². The van der Waals surface area contributed by atoms with Crippen molar-refractivity contribution in [2.45, 2.75) is 44.9 Å². The summed E-state index contributed by atoms with van der Waals surface area (Å²) in [6.45, 7) is 8.83. The first-order valence-corrected chi connectivity index (χ1v) is 7.62. The molecule has 0 aromatic rings. The fourth-order valence-electron chi connectivity index (χ4n) is 2.67. The van der Waals surface area contributed by atoms with Gasteiger partial charge >= 0.3 is 0 Å². The van der Waals surface area contributed by atoms with Crippen molar-refractivity contribution in [2.75, 3.05) is 32.8 Å². The zero-order chi connectivity index (χ0) is 15.5. The van der Waals surface area contributed by atoms with E-state index in [0.717, 1.165) is 25.9 Å². The van der Waals surface area contributed by atoms with E-state index in [2.05, 4.69) is 16.3 Å². The molecule has 2 saturated heterocycles. The van der Waals surface area contributed by atoms with Crippen molar-refractivity contribution >= 4 is 5.91 Å². The Bertz CT molecular complexity index is 416. The van der Waals surface area contributed by atoms with E-state index in [1.165, 1.54) is 0 Å². The molecule has 0 unspecified atom stereocenters. The smallest absolute Gasteiger partial charge is 0.235 e. The number of amides is 1. The summed E-state index contributed by atoms with van der Waals surface area (Å²) in [5, 5.41) is 12.1. The molecular formula is C15H25N3O3. The molecule has 2 fully saturated rings. The lowest BCUT2D eigenvalue weighted by Crippen LogP contribution is -2.53. The van der Waals surface area contributed by atoms with E-state index in [1.807, 2.05) is 13.8 Å². The average Bonchev–Trinajstić information content (AvgIpc) is 2.89. The van der Waals surface area contributed by atoms with E-state index in [9.17, 15) is 10.1 Å². The number of nitrogens with zero attached hydrogens (tertiary/aromatic N) is 2. The summed E-state index contributed by atoms with van der Waals surface area (Å²) in [6, 6.07) is 2.20. The molecule has 118 valence electrons. The van der Waals surface area contributed by atoms with Crippen LogP contribution >= 0.6 is 0 Å². The number of piperidine rings is 1. The van der Waals surface area contributed by atoms with E-state index >= 15 is 0 Å². The first kappa shape index (κ1) is 16.2. The number of hydrogen-bond donors (Lipinski definition) is 1. The summed E-state index contributed by atoms with van der Waals surface area (Å²) in [6.07, 6.45) is 1.58. The lowest BCUT2D eigenvalue weighted by atomic mass is 9.90. The molecule has 2 aliphatic rings. The van der Waals surface area contributed by atoms with Crippen LogP contribution in [0.4, 0.5) is 0 Å². The van der Waals surface area contributed by atoms with Gasteiger partial charge in [-0.2, -0.15) is 5.26 Å². The van der Waals surface area contributed by atoms with E-state index in [1.54, 1.807) is 6.92 Å². The van der Waals surface area contributed by atoms with Gasteiger partial charge in [-0.05, 0) is 12.8 Å². The van der Waals surface area contributed by atoms with Crippen molar-refractivity contribution in [1.29, 1.82) is 5.26 Å². The standard InChI is InChI=1S/C15H25N3O3/c1-12(2)14(3,11-16)17-13(19)10-18-6-4-15(5-7-18)20-8-9-21-15/h12H,4-10H2,1-3H3,(H,17,19)/t14-/m1/s1. The minimum Gasteiger partial charge on any atom is -0.347 e. The van der Waals surface area contributed by atoms with E-state index in [4.69, 9.17) is 9.47 Å². The highest BCUT2D eigenvalue weighted by atomic mass is 16.7. The third kappa shape index (κ3) is 3.73. The molecule has 0 bridgehead atoms. The molecule has 6 heteroatoms. The van der Waals surface area contributed by atoms with Crippen LogP contribution in [0, 0.1) is 17.2 Å². The van der Waals surface area contributed by atoms with E-state index in [0.29, 0.717) is 19.8 Å². The van der Waals surface area contributed by atoms with Gasteiger partial charge in [0.1, 0.15) is 5.54 Å². The second-order valence-corrected chi connectivity index (χ2v) is 6.40. The first-order valence-electron chi connectivity index (χ1n) is 7.62. The molecule has 2 rings (SSSR count). The zero-order valence-corrected chi connectivity index (χ0v) is 13.1. The highest BCUT2D eigenvalue weighted by molar-refractivity contribution is 5.79. The van der Waals surface area contributed by atoms with Crippen LogP contribution in [0.3, 0.4) is 0 Å². The van der Waals surface area contributed by atoms with Crippen LogP contribution in [0.2, 0.25) is 0 Å². The fraction of sp³-hybridized carbons (Fsp3) is 0.867. The highest BCUT2D eigenvalue weighted by Gasteiger charge is 2.40. The summed E-state index contributed by atoms with van der Waals surface area (Å²) < 4.78 is 11.3. The molecule has 21 heavy (non-hydrogen) atoms. The van der Waals surface area contributed by atoms with Crippen molar-refractivity contribution in [3.8, 4) is 6.07 Å². The Balaban J connectivity index is 1.81. The van der Waals surface area contributed by atoms with Crippen molar-refractivity contribution in [2.24, 2.45) is 5.92 Å². The Hall–Kier alpha value is -1.16. The molecule has 0 aliphatic carbocycles. The Morgan fingerprint density at radius 2 is 1.95 bits per heavy atom. The van der Waals surface area contributed by atoms with Gasteiger partial charge in [0, 0.05) is 25.9 Å². The molecular weight excluding hydrogens is 270 g/mol. The van der Waals surface area contributed by atoms with Gasteiger partial charge in [0.25, 0.3) is 0 Å². The lowest BCUT2D eigenvalue weighted by molar-refractivity contribution is -0.185. The molecule has 0 aromatic carbocycles. The van der Waals surface area contributed by atoms with Gasteiger partial charge in [0.05, 0.1) is 25.8 Å². The average molecular weight is 295 g/mol. The number of hydrogen-bond acceptors (Lipinski definition) is 5. The number of carbonyl (C=O) groups excluding carboxylic acids is 1. The monoisotopic (exact) mass is 295 g/mol. The van der Waals surface area contributed by atoms with Gasteiger partial charge in [-0.25, -0.2) is 0 Å². The fourth-order valence-corrected chi connectivity index (χ4v) is 2.67. The van der Waals surface area contributed by atoms with Crippen LogP contribution in [-0.2, 0) is 14.3 Å². The summed E-state index contributed by atoms with van der Waals surface area (Å²) in [5.41, 5.74) is -0.814. The minimum absolute atomic E-state index is 0.0661. The molecule has 0 aromatic heterocycles. The Kier molecular flexibility index (Phi) is 4.87. The molecule has 0 radical (unpaired) electrons. The van der Waals surface area contributed by atoms with Gasteiger partial charge in [0.15, 0.2) is 5.79 Å². The van der Waals surface area contributed by atoms with Crippen molar-refractivity contribution < 1.29 is 14.3 Å². The number of carbonyl (C=O) groups is 1. The van der Waals surface area contributed by atoms with Crippen molar-refractivity contribution in [3.05, 3.63) is 0 Å². The normalized spacial score (nSPS) is 24.7. The molecule has 6 nitrogen and oxygen atoms in total. The summed E-state index contributed by atoms with van der Waals surface area (Å²) >= 11 is 0. The molecule has 1 atom stereocenters. The van der Waals surface area contributed by atoms with Crippen LogP contribution < -0.4 is 5.32 Å². The Morgan fingerprint density at radius 1 is 1.38 bits per heavy atom. The third-order valence-corrected chi connectivity index (χ3v) is 4.58. The molecule has 2 heterocycles. The second-order valence-electron chi connectivity index (χ2n) is 6.40. The summed E-state index contributed by atoms with van der Waals surface area (Å²) in [7, 11) is 0. The predicted molar refractivity (Wildman–Crippen MR) is 77.3 cm³/mol. The lowest BCUT2D eigenvalue weighted by Gasteiger charge is -2.37. The summed E-state index contributed by atoms with van der Waals surface area (Å²) in [5.74, 6) is -0.445. The van der Waals surface area contributed by atoms with Crippen LogP contribution in [0.25, 0.3) is 0 Å². The van der Waals surface area contributed by atoms with E-state index < -0.39 is 11.3 Å². The maximum atomic E-state index is 12.1. The van der Waals surface area contributed by atoms with Crippen LogP contribution in [0.5, 0.6) is 0 Å². The number of likely N-dealkylation sites (tertiary alicyclic amines) is 1.